The van der Waals surface area contributed by atoms with Crippen LogP contribution >= 0.6 is 0 Å². The predicted molar refractivity (Wildman–Crippen MR) is 101 cm³/mol. The van der Waals surface area contributed by atoms with Crippen molar-refractivity contribution in [2.24, 2.45) is 7.05 Å². The molecular weight excluding hydrogens is 334 g/mol. The number of carbonyl (C=O) groups excluding carboxylic acids is 1. The standard InChI is InChI=1S/C19H27N3O2S/c1-13(14-8-10-15(11-9-14)25(7)24)21(5)18(23)16-12-17(19(2,3)4)20-22(16)6/h8-13H,1-7H3/t13-,25-/m0/s1. The highest BCUT2D eigenvalue weighted by atomic mass is 32.2. The normalized spacial score (nSPS) is 14.2. The molecule has 0 bridgehead atoms. The lowest BCUT2D eigenvalue weighted by Gasteiger charge is -2.25. The Kier molecular flexibility index (Phi) is 5.52. The Labute approximate surface area is 152 Å². The number of nitrogens with zero attached hydrogens (tertiary/aromatic N) is 3. The fraction of sp³-hybridized carbons (Fsp3) is 0.474. The third-order valence-corrected chi connectivity index (χ3v) is 5.40. The van der Waals surface area contributed by atoms with Gasteiger partial charge in [-0.25, -0.2) is 0 Å². The average Bonchev–Trinajstić information content (AvgIpc) is 2.95. The molecule has 136 valence electrons. The molecule has 5 nitrogen and oxygen atoms in total. The first kappa shape index (κ1) is 19.4. The van der Waals surface area contributed by atoms with Gasteiger partial charge in [0.1, 0.15) is 5.69 Å². The van der Waals surface area contributed by atoms with Crippen LogP contribution in [0.2, 0.25) is 0 Å². The number of aromatic nitrogens is 2. The number of carbonyl (C=O) groups is 1. The van der Waals surface area contributed by atoms with Crippen LogP contribution in [0.3, 0.4) is 0 Å². The highest BCUT2D eigenvalue weighted by Gasteiger charge is 2.25. The largest absolute Gasteiger partial charge is 0.334 e. The second-order valence-corrected chi connectivity index (χ2v) is 8.78. The Morgan fingerprint density at radius 1 is 1.24 bits per heavy atom. The molecule has 25 heavy (non-hydrogen) atoms. The van der Waals surface area contributed by atoms with Gasteiger partial charge in [-0.05, 0) is 30.7 Å². The van der Waals surface area contributed by atoms with Crippen LogP contribution in [0.1, 0.15) is 55.5 Å². The summed E-state index contributed by atoms with van der Waals surface area (Å²) in [6.07, 6.45) is 1.66. The molecule has 1 aromatic carbocycles. The molecule has 0 spiro atoms. The minimum absolute atomic E-state index is 0.0684. The topological polar surface area (TPSA) is 55.2 Å². The van der Waals surface area contributed by atoms with Crippen molar-refractivity contribution in [2.75, 3.05) is 13.3 Å². The number of aryl methyl sites for hydroxylation is 1. The zero-order chi connectivity index (χ0) is 18.9. The Morgan fingerprint density at radius 2 is 1.80 bits per heavy atom. The van der Waals surface area contributed by atoms with Crippen LogP contribution in [0, 0.1) is 0 Å². The van der Waals surface area contributed by atoms with E-state index in [0.717, 1.165) is 16.2 Å². The van der Waals surface area contributed by atoms with Gasteiger partial charge in [-0.15, -0.1) is 0 Å². The number of hydrogen-bond donors (Lipinski definition) is 0. The summed E-state index contributed by atoms with van der Waals surface area (Å²) in [4.78, 5) is 15.4. The average molecular weight is 362 g/mol. The molecule has 0 aliphatic rings. The van der Waals surface area contributed by atoms with E-state index in [9.17, 15) is 9.00 Å². The van der Waals surface area contributed by atoms with Crippen molar-refractivity contribution in [3.05, 3.63) is 47.3 Å². The van der Waals surface area contributed by atoms with E-state index >= 15 is 0 Å². The predicted octanol–water partition coefficient (Wildman–Crippen LogP) is 3.29. The minimum atomic E-state index is -1.00. The maximum atomic E-state index is 12.9. The summed E-state index contributed by atoms with van der Waals surface area (Å²) in [5.74, 6) is -0.0684. The summed E-state index contributed by atoms with van der Waals surface area (Å²) in [6.45, 7) is 8.22. The van der Waals surface area contributed by atoms with E-state index in [1.54, 1.807) is 29.9 Å². The first-order valence-electron chi connectivity index (χ1n) is 8.27. The van der Waals surface area contributed by atoms with Gasteiger partial charge in [-0.3, -0.25) is 13.7 Å². The van der Waals surface area contributed by atoms with E-state index in [-0.39, 0.29) is 17.4 Å². The van der Waals surface area contributed by atoms with Gasteiger partial charge in [-0.1, -0.05) is 32.9 Å². The smallest absolute Gasteiger partial charge is 0.272 e. The molecule has 2 rings (SSSR count). The molecule has 1 heterocycles. The van der Waals surface area contributed by atoms with Gasteiger partial charge in [-0.2, -0.15) is 5.10 Å². The van der Waals surface area contributed by atoms with E-state index < -0.39 is 10.8 Å². The molecular formula is C19H27N3O2S. The summed E-state index contributed by atoms with van der Waals surface area (Å²) >= 11 is 0. The third kappa shape index (κ3) is 4.18. The maximum Gasteiger partial charge on any atom is 0.272 e. The molecule has 0 saturated heterocycles. The molecule has 1 aromatic heterocycles. The lowest BCUT2D eigenvalue weighted by Crippen LogP contribution is -2.31. The van der Waals surface area contributed by atoms with Crippen LogP contribution in [-0.4, -0.2) is 38.1 Å². The number of benzene rings is 1. The molecule has 0 fully saturated rings. The van der Waals surface area contributed by atoms with Crippen LogP contribution < -0.4 is 0 Å². The molecule has 2 atom stereocenters. The number of hydrogen-bond acceptors (Lipinski definition) is 3. The Bertz CT molecular complexity index is 788. The first-order chi connectivity index (χ1) is 11.5. The molecule has 0 saturated carbocycles. The van der Waals surface area contributed by atoms with Crippen molar-refractivity contribution >= 4 is 16.7 Å². The van der Waals surface area contributed by atoms with E-state index in [2.05, 4.69) is 25.9 Å². The highest BCUT2D eigenvalue weighted by molar-refractivity contribution is 7.84. The summed E-state index contributed by atoms with van der Waals surface area (Å²) < 4.78 is 13.2. The number of amides is 1. The van der Waals surface area contributed by atoms with Gasteiger partial charge in [0.2, 0.25) is 0 Å². The Hall–Kier alpha value is -1.95. The SMILES string of the molecule is C[C@@H](c1ccc([S@](C)=O)cc1)N(C)C(=O)c1cc(C(C)(C)C)nn1C. The third-order valence-electron chi connectivity index (χ3n) is 4.46. The summed E-state index contributed by atoms with van der Waals surface area (Å²) in [7, 11) is 2.59. The summed E-state index contributed by atoms with van der Waals surface area (Å²) in [5, 5.41) is 4.48. The van der Waals surface area contributed by atoms with E-state index in [1.165, 1.54) is 0 Å². The second kappa shape index (κ2) is 7.12. The number of rotatable bonds is 4. The van der Waals surface area contributed by atoms with E-state index in [0.29, 0.717) is 5.69 Å². The molecule has 0 unspecified atom stereocenters. The van der Waals surface area contributed by atoms with Crippen LogP contribution in [0.15, 0.2) is 35.2 Å². The molecule has 0 aliphatic carbocycles. The fourth-order valence-corrected chi connectivity index (χ4v) is 3.07. The molecule has 6 heteroatoms. The quantitative estimate of drug-likeness (QED) is 0.840. The van der Waals surface area contributed by atoms with Crippen molar-refractivity contribution in [1.29, 1.82) is 0 Å². The van der Waals surface area contributed by atoms with Gasteiger partial charge < -0.3 is 4.90 Å². The van der Waals surface area contributed by atoms with E-state index in [1.807, 2.05) is 37.3 Å². The van der Waals surface area contributed by atoms with Crippen LogP contribution in [0.25, 0.3) is 0 Å². The zero-order valence-corrected chi connectivity index (χ0v) is 16.8. The van der Waals surface area contributed by atoms with Crippen molar-refractivity contribution in [3.63, 3.8) is 0 Å². The van der Waals surface area contributed by atoms with Crippen molar-refractivity contribution in [2.45, 2.75) is 44.0 Å². The van der Waals surface area contributed by atoms with Gasteiger partial charge in [0.05, 0.1) is 11.7 Å². The zero-order valence-electron chi connectivity index (χ0n) is 16.0. The molecule has 1 amide bonds. The highest BCUT2D eigenvalue weighted by Crippen LogP contribution is 2.25. The molecule has 2 aromatic rings. The summed E-state index contributed by atoms with van der Waals surface area (Å²) in [6, 6.07) is 9.32. The summed E-state index contributed by atoms with van der Waals surface area (Å²) in [5.41, 5.74) is 2.37. The van der Waals surface area contributed by atoms with Crippen LogP contribution in [-0.2, 0) is 23.3 Å². The van der Waals surface area contributed by atoms with Crippen LogP contribution in [0.5, 0.6) is 0 Å². The fourth-order valence-electron chi connectivity index (χ4n) is 2.55. The monoisotopic (exact) mass is 361 g/mol. The van der Waals surface area contributed by atoms with Gasteiger partial charge in [0.15, 0.2) is 0 Å². The van der Waals surface area contributed by atoms with Gasteiger partial charge in [0.25, 0.3) is 5.91 Å². The first-order valence-corrected chi connectivity index (χ1v) is 9.83. The lowest BCUT2D eigenvalue weighted by molar-refractivity contribution is 0.0731. The minimum Gasteiger partial charge on any atom is -0.334 e. The van der Waals surface area contributed by atoms with Crippen molar-refractivity contribution in [3.8, 4) is 0 Å². The van der Waals surface area contributed by atoms with Crippen molar-refractivity contribution in [1.82, 2.24) is 14.7 Å². The van der Waals surface area contributed by atoms with Crippen LogP contribution in [0.4, 0.5) is 0 Å². The lowest BCUT2D eigenvalue weighted by atomic mass is 9.92. The van der Waals surface area contributed by atoms with Gasteiger partial charge in [0, 0.05) is 41.5 Å². The maximum absolute atomic E-state index is 12.9. The Balaban J connectivity index is 2.24. The molecule has 0 N–H and O–H groups in total. The van der Waals surface area contributed by atoms with Crippen molar-refractivity contribution < 1.29 is 9.00 Å². The van der Waals surface area contributed by atoms with E-state index in [4.69, 9.17) is 0 Å². The second-order valence-electron chi connectivity index (χ2n) is 7.40. The molecule has 0 radical (unpaired) electrons. The molecule has 0 aliphatic heterocycles. The Morgan fingerprint density at radius 3 is 2.24 bits per heavy atom. The van der Waals surface area contributed by atoms with Gasteiger partial charge >= 0.3 is 0 Å².